The van der Waals surface area contributed by atoms with E-state index >= 15 is 0 Å². The van der Waals surface area contributed by atoms with E-state index in [-0.39, 0.29) is 0 Å². The van der Waals surface area contributed by atoms with Crippen LogP contribution in [0.4, 0.5) is 0 Å². The van der Waals surface area contributed by atoms with Gasteiger partial charge in [0.1, 0.15) is 0 Å². The van der Waals surface area contributed by atoms with Crippen molar-refractivity contribution < 1.29 is 85.6 Å². The molecule has 0 atom stereocenters. The molecule has 1 rings (SSSR count). The number of rotatable bonds is 0. The topological polar surface area (TPSA) is 12.9 Å². The van der Waals surface area contributed by atoms with Gasteiger partial charge >= 0.3 is 123 Å². The van der Waals surface area contributed by atoms with E-state index in [1.165, 1.54) is 12.0 Å². The number of aromatic nitrogens is 1. The van der Waals surface area contributed by atoms with Crippen LogP contribution in [0, 0.1) is 99.4 Å². The van der Waals surface area contributed by atoms with Crippen molar-refractivity contribution in [1.29, 1.82) is 0 Å². The predicted octanol–water partition coefficient (Wildman–Crippen LogP) is -0.488. The Morgan fingerprint density at radius 3 is 2.40 bits per heavy atom. The maximum atomic E-state index is 4.47. The zero-order chi connectivity index (χ0) is 7.72. The molecule has 0 aliphatic rings. The van der Waals surface area contributed by atoms with E-state index in [1.807, 2.05) is 0 Å². The molecule has 1 aromatic rings. The summed E-state index contributed by atoms with van der Waals surface area (Å²) in [6, 6.07) is 2.32. The summed E-state index contributed by atoms with van der Waals surface area (Å²) in [5.74, 6) is 0. The molecule has 0 bridgehead atoms. The SMILES string of the molecule is Cc1n[c]([RaH])c[c]([RaH])c1C. The molecule has 0 N–H and O–H groups in total. The monoisotopic (exact) mass is 559 g/mol. The third-order valence-corrected chi connectivity index (χ3v) is 8.28. The maximum absolute atomic E-state index is 4.47. The average molecular weight is 559 g/mol. The summed E-state index contributed by atoms with van der Waals surface area (Å²) in [7, 11) is 0. The quantitative estimate of drug-likeness (QED) is 0.419. The summed E-state index contributed by atoms with van der Waals surface area (Å²) in [6.45, 7) is 4.32. The van der Waals surface area contributed by atoms with Crippen LogP contribution in [0.5, 0.6) is 0 Å². The summed E-state index contributed by atoms with van der Waals surface area (Å²) < 4.78 is 3.02. The van der Waals surface area contributed by atoms with E-state index < -0.39 is 0 Å². The molecule has 0 aliphatic heterocycles. The molecule has 0 aliphatic carbocycles. The zero-order valence-corrected chi connectivity index (χ0v) is 23.5. The number of nitrogens with zero attached hydrogens (tertiary/aromatic N) is 1. The van der Waals surface area contributed by atoms with Gasteiger partial charge in [-0.15, -0.1) is 0 Å². The Hall–Kier alpha value is 2.09. The molecule has 0 fully saturated rings. The summed E-state index contributed by atoms with van der Waals surface area (Å²) in [5.41, 5.74) is 2.71. The van der Waals surface area contributed by atoms with Gasteiger partial charge in [0.25, 0.3) is 0 Å². The first-order valence-electron chi connectivity index (χ1n) is 3.52. The van der Waals surface area contributed by atoms with Crippen LogP contribution in [0.2, 0.25) is 0 Å². The van der Waals surface area contributed by atoms with Gasteiger partial charge in [0, 0.05) is 0 Å². The van der Waals surface area contributed by atoms with Crippen molar-refractivity contribution >= 4 is 1.34 Å². The van der Waals surface area contributed by atoms with Gasteiger partial charge in [0.05, 0.1) is 0 Å². The molecular formula is C7H9NRa2. The van der Waals surface area contributed by atoms with Crippen molar-refractivity contribution in [2.24, 2.45) is 0 Å². The second-order valence-corrected chi connectivity index (χ2v) is 11.4. The van der Waals surface area contributed by atoms with Crippen molar-refractivity contribution in [1.82, 2.24) is 4.98 Å². The first-order valence-corrected chi connectivity index (χ1v) is 11.7. The Kier molecular flexibility index (Phi) is 4.43. The van der Waals surface area contributed by atoms with Crippen molar-refractivity contribution in [2.75, 3.05) is 0 Å². The van der Waals surface area contributed by atoms with Crippen molar-refractivity contribution in [3.8, 4) is 0 Å². The van der Waals surface area contributed by atoms with E-state index in [2.05, 4.69) is 24.9 Å². The first-order chi connectivity index (χ1) is 4.61. The second-order valence-electron chi connectivity index (χ2n) is 2.79. The molecule has 1 aromatic heterocycles. The van der Waals surface area contributed by atoms with E-state index in [0.29, 0.717) is 85.6 Å². The Morgan fingerprint density at radius 2 is 1.90 bits per heavy atom. The van der Waals surface area contributed by atoms with Crippen molar-refractivity contribution in [3.05, 3.63) is 17.3 Å². The fourth-order valence-electron chi connectivity index (χ4n) is 1.09. The molecule has 3 heteroatoms. The summed E-state index contributed by atoms with van der Waals surface area (Å²) in [6.07, 6.45) is 0. The molecule has 1 nitrogen and oxygen atoms in total. The van der Waals surface area contributed by atoms with Gasteiger partial charge in [-0.3, -0.25) is 0 Å². The van der Waals surface area contributed by atoms with Gasteiger partial charge < -0.3 is 0 Å². The van der Waals surface area contributed by atoms with Gasteiger partial charge in [-0.25, -0.2) is 0 Å². The third-order valence-electron chi connectivity index (χ3n) is 1.90. The number of aryl methyl sites for hydroxylation is 1. The second kappa shape index (κ2) is 4.36. The van der Waals surface area contributed by atoms with Gasteiger partial charge in [0.2, 0.25) is 0 Å². The Bertz CT molecular complexity index is 235. The van der Waals surface area contributed by atoms with Crippen LogP contribution in [-0.2, 0) is 0 Å². The normalized spacial score (nSPS) is 9.60. The number of hydrogen-bond donors (Lipinski definition) is 0. The van der Waals surface area contributed by atoms with Gasteiger partial charge in [0.15, 0.2) is 0 Å². The van der Waals surface area contributed by atoms with Crippen molar-refractivity contribution in [2.45, 2.75) is 13.8 Å². The van der Waals surface area contributed by atoms with Crippen LogP contribution < -0.4 is 1.34 Å². The molecule has 0 spiro atoms. The molecule has 0 radical (unpaired) electrons. The van der Waals surface area contributed by atoms with Gasteiger partial charge in [-0.1, -0.05) is 0 Å². The molecule has 0 aromatic carbocycles. The Labute approximate surface area is 120 Å². The van der Waals surface area contributed by atoms with Crippen LogP contribution in [0.25, 0.3) is 0 Å². The van der Waals surface area contributed by atoms with Crippen LogP contribution in [-0.4, -0.2) is 4.98 Å². The Morgan fingerprint density at radius 1 is 1.30 bits per heavy atom. The number of pyridine rings is 1. The predicted molar refractivity (Wildman–Crippen MR) is 35.8 cm³/mol. The molecule has 10 heavy (non-hydrogen) atoms. The van der Waals surface area contributed by atoms with Gasteiger partial charge in [-0.05, 0) is 0 Å². The average Bonchev–Trinajstić information content (AvgIpc) is 1.82. The molecule has 0 unspecified atom stereocenters. The summed E-state index contributed by atoms with van der Waals surface area (Å²) in [5, 5.41) is 0. The first kappa shape index (κ1) is 10.2. The van der Waals surface area contributed by atoms with E-state index in [0.717, 1.165) is 0 Å². The van der Waals surface area contributed by atoms with Crippen LogP contribution in [0.3, 0.4) is 0 Å². The van der Waals surface area contributed by atoms with Crippen LogP contribution >= 0.6 is 0 Å². The molecule has 0 saturated heterocycles. The minimum atomic E-state index is 0.461. The van der Waals surface area contributed by atoms with E-state index in [4.69, 9.17) is 0 Å². The van der Waals surface area contributed by atoms with Crippen LogP contribution in [0.1, 0.15) is 11.3 Å². The number of hydrogen-bond acceptors (Lipinski definition) is 1. The third kappa shape index (κ3) is 2.55. The molecule has 0 saturated carbocycles. The van der Waals surface area contributed by atoms with Crippen molar-refractivity contribution in [3.63, 3.8) is 0 Å². The fourth-order valence-corrected chi connectivity index (χ4v) is 17.2. The molecule has 46 valence electrons. The Balaban J connectivity index is 3.31. The fraction of sp³-hybridized carbons (Fsp3) is 0.286. The molecular weight excluding hydrogens is 550 g/mol. The van der Waals surface area contributed by atoms with E-state index in [1.54, 1.807) is 0.604 Å². The summed E-state index contributed by atoms with van der Waals surface area (Å²) >= 11 is 0.986. The minimum absolute atomic E-state index is 0.461. The van der Waals surface area contributed by atoms with Crippen LogP contribution in [0.15, 0.2) is 6.07 Å². The van der Waals surface area contributed by atoms with Gasteiger partial charge in [-0.2, -0.15) is 0 Å². The zero-order valence-electron chi connectivity index (χ0n) is 7.02. The summed E-state index contributed by atoms with van der Waals surface area (Å²) in [4.78, 5) is 4.47. The molecule has 1 heterocycles. The standard InChI is InChI=1S/C7H7N.2Ra.2H/c1-6-4-3-5-8-7(6)2;;;;/h3H,1-2H3;;;;. The van der Waals surface area contributed by atoms with E-state index in [9.17, 15) is 0 Å². The molecule has 0 amide bonds.